The van der Waals surface area contributed by atoms with Gasteiger partial charge in [0.15, 0.2) is 5.65 Å². The van der Waals surface area contributed by atoms with E-state index in [4.69, 9.17) is 0 Å². The zero-order chi connectivity index (χ0) is 24.2. The average Bonchev–Trinajstić information content (AvgIpc) is 3.27. The molecule has 6 heteroatoms. The van der Waals surface area contributed by atoms with Crippen LogP contribution in [0.5, 0.6) is 0 Å². The van der Waals surface area contributed by atoms with Crippen LogP contribution in [0, 0.1) is 18.3 Å². The molecule has 0 aliphatic carbocycles. The summed E-state index contributed by atoms with van der Waals surface area (Å²) in [5.74, 6) is 0.623. The Morgan fingerprint density at radius 3 is 2.37 bits per heavy atom. The highest BCUT2D eigenvalue weighted by molar-refractivity contribution is 5.83. The number of Topliss-reactive ketones (excluding diaryl/α,β-unsaturated/α-hetero) is 1. The van der Waals surface area contributed by atoms with Crippen LogP contribution in [-0.2, 0) is 17.6 Å². The molecule has 0 saturated carbocycles. The van der Waals surface area contributed by atoms with Gasteiger partial charge in [0.1, 0.15) is 11.9 Å². The van der Waals surface area contributed by atoms with Gasteiger partial charge in [0.2, 0.25) is 5.95 Å². The van der Waals surface area contributed by atoms with E-state index in [2.05, 4.69) is 21.5 Å². The Kier molecular flexibility index (Phi) is 6.06. The number of nitrogens with zero attached hydrogens (tertiary/aromatic N) is 4. The number of anilines is 2. The fourth-order valence-electron chi connectivity index (χ4n) is 4.02. The molecule has 3 aromatic carbocycles. The third-order valence-corrected chi connectivity index (χ3v) is 5.81. The molecule has 0 bridgehead atoms. The second-order valence-electron chi connectivity index (χ2n) is 8.52. The van der Waals surface area contributed by atoms with E-state index in [0.29, 0.717) is 35.7 Å². The number of rotatable bonds is 7. The van der Waals surface area contributed by atoms with Crippen molar-refractivity contribution in [3.05, 3.63) is 113 Å². The fraction of sp³-hybridized carbons (Fsp3) is 0.103. The maximum atomic E-state index is 12.4. The average molecular weight is 458 g/mol. The maximum absolute atomic E-state index is 12.4. The molecule has 1 N–H and O–H groups in total. The molecule has 0 atom stereocenters. The van der Waals surface area contributed by atoms with Crippen LogP contribution in [0.4, 0.5) is 11.6 Å². The van der Waals surface area contributed by atoms with Crippen LogP contribution in [0.2, 0.25) is 0 Å². The molecule has 0 aliphatic rings. The molecular formula is C29H23N5O. The lowest BCUT2D eigenvalue weighted by molar-refractivity contribution is -0.117. The molecule has 0 radical (unpaired) electrons. The SMILES string of the molecule is Cc1ccc(C#N)c(Nc2nc3ccc(-c4ccc(CC(=O)Cc5ccccc5)cc4)cn3n2)c1. The van der Waals surface area contributed by atoms with Crippen molar-refractivity contribution in [3.63, 3.8) is 0 Å². The van der Waals surface area contributed by atoms with Gasteiger partial charge in [-0.25, -0.2) is 4.52 Å². The quantitative estimate of drug-likeness (QED) is 0.340. The van der Waals surface area contributed by atoms with E-state index in [1.807, 2.05) is 92.0 Å². The molecule has 35 heavy (non-hydrogen) atoms. The highest BCUT2D eigenvalue weighted by Crippen LogP contribution is 2.23. The van der Waals surface area contributed by atoms with Crippen molar-refractivity contribution in [1.82, 2.24) is 14.6 Å². The summed E-state index contributed by atoms with van der Waals surface area (Å²) in [6.07, 6.45) is 2.78. The topological polar surface area (TPSA) is 83.1 Å². The summed E-state index contributed by atoms with van der Waals surface area (Å²) in [5, 5.41) is 17.1. The van der Waals surface area contributed by atoms with Crippen LogP contribution in [0.1, 0.15) is 22.3 Å². The summed E-state index contributed by atoms with van der Waals surface area (Å²) in [6.45, 7) is 1.97. The van der Waals surface area contributed by atoms with E-state index in [9.17, 15) is 10.1 Å². The molecule has 0 spiro atoms. The van der Waals surface area contributed by atoms with Gasteiger partial charge in [0, 0.05) is 24.6 Å². The number of ketones is 1. The fourth-order valence-corrected chi connectivity index (χ4v) is 4.02. The zero-order valence-corrected chi connectivity index (χ0v) is 19.3. The van der Waals surface area contributed by atoms with Crippen LogP contribution in [0.15, 0.2) is 91.1 Å². The van der Waals surface area contributed by atoms with Gasteiger partial charge in [0.05, 0.1) is 11.3 Å². The Morgan fingerprint density at radius 2 is 1.63 bits per heavy atom. The van der Waals surface area contributed by atoms with E-state index >= 15 is 0 Å². The van der Waals surface area contributed by atoms with Crippen LogP contribution in [0.25, 0.3) is 16.8 Å². The van der Waals surface area contributed by atoms with Gasteiger partial charge < -0.3 is 5.32 Å². The summed E-state index contributed by atoms with van der Waals surface area (Å²) in [5.41, 5.74) is 7.02. The number of nitrogens with one attached hydrogen (secondary N) is 1. The van der Waals surface area contributed by atoms with Crippen LogP contribution < -0.4 is 5.32 Å². The number of fused-ring (bicyclic) bond motifs is 1. The van der Waals surface area contributed by atoms with E-state index in [-0.39, 0.29) is 5.78 Å². The number of hydrogen-bond donors (Lipinski definition) is 1. The molecule has 0 saturated heterocycles. The van der Waals surface area contributed by atoms with Gasteiger partial charge >= 0.3 is 0 Å². The molecule has 6 nitrogen and oxygen atoms in total. The summed E-state index contributed by atoms with van der Waals surface area (Å²) in [6, 6.07) is 29.5. The van der Waals surface area contributed by atoms with Gasteiger partial charge in [0.25, 0.3) is 0 Å². The van der Waals surface area contributed by atoms with Crippen molar-refractivity contribution in [1.29, 1.82) is 5.26 Å². The lowest BCUT2D eigenvalue weighted by atomic mass is 10.0. The summed E-state index contributed by atoms with van der Waals surface area (Å²) >= 11 is 0. The van der Waals surface area contributed by atoms with Crippen molar-refractivity contribution >= 4 is 23.1 Å². The van der Waals surface area contributed by atoms with E-state index in [1.54, 1.807) is 10.6 Å². The molecular weight excluding hydrogens is 434 g/mol. The highest BCUT2D eigenvalue weighted by Gasteiger charge is 2.10. The molecule has 0 fully saturated rings. The Hall–Kier alpha value is -4.76. The van der Waals surface area contributed by atoms with Gasteiger partial charge in [-0.2, -0.15) is 10.2 Å². The second-order valence-corrected chi connectivity index (χ2v) is 8.52. The summed E-state index contributed by atoms with van der Waals surface area (Å²) in [7, 11) is 0. The molecule has 2 aromatic heterocycles. The molecule has 5 aromatic rings. The number of hydrogen-bond acceptors (Lipinski definition) is 5. The van der Waals surface area contributed by atoms with E-state index < -0.39 is 0 Å². The highest BCUT2D eigenvalue weighted by atomic mass is 16.1. The molecule has 170 valence electrons. The Balaban J connectivity index is 1.31. The number of carbonyl (C=O) groups excluding carboxylic acids is 1. The molecule has 0 unspecified atom stereocenters. The van der Waals surface area contributed by atoms with Crippen molar-refractivity contribution in [3.8, 4) is 17.2 Å². The van der Waals surface area contributed by atoms with Gasteiger partial charge in [-0.05, 0) is 53.4 Å². The minimum atomic E-state index is 0.196. The number of benzene rings is 3. The minimum absolute atomic E-state index is 0.196. The number of carbonyl (C=O) groups is 1. The normalized spacial score (nSPS) is 10.7. The summed E-state index contributed by atoms with van der Waals surface area (Å²) in [4.78, 5) is 17.0. The van der Waals surface area contributed by atoms with Crippen LogP contribution in [0.3, 0.4) is 0 Å². The number of nitriles is 1. The monoisotopic (exact) mass is 457 g/mol. The first kappa shape index (κ1) is 22.1. The van der Waals surface area contributed by atoms with Crippen LogP contribution >= 0.6 is 0 Å². The third-order valence-electron chi connectivity index (χ3n) is 5.81. The van der Waals surface area contributed by atoms with Gasteiger partial charge in [-0.3, -0.25) is 4.79 Å². The lowest BCUT2D eigenvalue weighted by Crippen LogP contribution is -2.06. The predicted octanol–water partition coefficient (Wildman–Crippen LogP) is 5.67. The molecule has 0 aliphatic heterocycles. The Labute approximate surface area is 203 Å². The van der Waals surface area contributed by atoms with Gasteiger partial charge in [-0.1, -0.05) is 60.7 Å². The smallest absolute Gasteiger partial charge is 0.247 e. The van der Waals surface area contributed by atoms with Crippen molar-refractivity contribution in [2.45, 2.75) is 19.8 Å². The first-order valence-electron chi connectivity index (χ1n) is 11.4. The predicted molar refractivity (Wildman–Crippen MR) is 136 cm³/mol. The number of pyridine rings is 1. The number of aromatic nitrogens is 3. The van der Waals surface area contributed by atoms with Crippen molar-refractivity contribution < 1.29 is 4.79 Å². The van der Waals surface area contributed by atoms with E-state index in [0.717, 1.165) is 27.8 Å². The van der Waals surface area contributed by atoms with Gasteiger partial charge in [-0.15, -0.1) is 5.10 Å². The molecule has 2 heterocycles. The second kappa shape index (κ2) is 9.62. The first-order chi connectivity index (χ1) is 17.1. The maximum Gasteiger partial charge on any atom is 0.247 e. The molecule has 5 rings (SSSR count). The van der Waals surface area contributed by atoms with Crippen molar-refractivity contribution in [2.75, 3.05) is 5.32 Å². The zero-order valence-electron chi connectivity index (χ0n) is 19.3. The number of aryl methyl sites for hydroxylation is 1. The Morgan fingerprint density at radius 1 is 0.914 bits per heavy atom. The molecule has 0 amide bonds. The van der Waals surface area contributed by atoms with E-state index in [1.165, 1.54) is 0 Å². The first-order valence-corrected chi connectivity index (χ1v) is 11.4. The Bertz CT molecular complexity index is 1550. The lowest BCUT2D eigenvalue weighted by Gasteiger charge is -2.05. The van der Waals surface area contributed by atoms with Crippen molar-refractivity contribution in [2.24, 2.45) is 0 Å². The minimum Gasteiger partial charge on any atom is -0.322 e. The summed E-state index contributed by atoms with van der Waals surface area (Å²) < 4.78 is 1.72. The largest absolute Gasteiger partial charge is 0.322 e. The van der Waals surface area contributed by atoms with Crippen LogP contribution in [-0.4, -0.2) is 20.4 Å². The third kappa shape index (κ3) is 5.10. The standard InChI is InChI=1S/C29H23N5O/c1-20-7-10-24(18-30)27(15-20)31-29-32-28-14-13-25(19-34(28)33-29)23-11-8-22(9-12-23)17-26(35)16-21-5-3-2-4-6-21/h2-15,19H,16-17H2,1H3,(H,31,33).